The third-order valence-electron chi connectivity index (χ3n) is 3.69. The van der Waals surface area contributed by atoms with Crippen molar-refractivity contribution >= 4 is 17.6 Å². The molecule has 0 saturated heterocycles. The van der Waals surface area contributed by atoms with E-state index in [-0.39, 0.29) is 12.3 Å². The van der Waals surface area contributed by atoms with E-state index in [2.05, 4.69) is 27.4 Å². The monoisotopic (exact) mass is 342 g/mol. The lowest BCUT2D eigenvalue weighted by Gasteiger charge is -2.27. The van der Waals surface area contributed by atoms with Gasteiger partial charge in [-0.2, -0.15) is 4.68 Å². The summed E-state index contributed by atoms with van der Waals surface area (Å²) in [5, 5.41) is 25.2. The Hall–Kier alpha value is -3.56. The molecule has 3 rings (SSSR count). The van der Waals surface area contributed by atoms with Gasteiger partial charge in [0.15, 0.2) is 0 Å². The molecule has 10 heteroatoms. The molecule has 2 heterocycles. The highest BCUT2D eigenvalue weighted by molar-refractivity contribution is 5.92. The van der Waals surface area contributed by atoms with Crippen molar-refractivity contribution in [3.63, 3.8) is 0 Å². The van der Waals surface area contributed by atoms with E-state index in [4.69, 9.17) is 4.74 Å². The predicted octanol–water partition coefficient (Wildman–Crippen LogP) is 1.60. The van der Waals surface area contributed by atoms with Crippen LogP contribution >= 0.6 is 0 Å². The van der Waals surface area contributed by atoms with E-state index in [9.17, 15) is 14.9 Å². The SMILES string of the molecule is C=CCOC(=O)C1=C(C)Nc2nnnn2C1c1ccc([N+](=O)[O-])cc1. The molecular weight excluding hydrogens is 328 g/mol. The van der Waals surface area contributed by atoms with Gasteiger partial charge in [-0.1, -0.05) is 17.8 Å². The highest BCUT2D eigenvalue weighted by Crippen LogP contribution is 2.35. The number of tetrazole rings is 1. The molecule has 0 fully saturated rings. The van der Waals surface area contributed by atoms with Gasteiger partial charge in [0.2, 0.25) is 5.95 Å². The van der Waals surface area contributed by atoms with Crippen molar-refractivity contribution in [2.24, 2.45) is 0 Å². The van der Waals surface area contributed by atoms with E-state index >= 15 is 0 Å². The Labute approximate surface area is 141 Å². The zero-order chi connectivity index (χ0) is 18.0. The lowest BCUT2D eigenvalue weighted by molar-refractivity contribution is -0.384. The second-order valence-corrected chi connectivity index (χ2v) is 5.25. The van der Waals surface area contributed by atoms with Crippen molar-refractivity contribution in [1.82, 2.24) is 20.2 Å². The number of hydrogen-bond donors (Lipinski definition) is 1. The summed E-state index contributed by atoms with van der Waals surface area (Å²) < 4.78 is 6.59. The highest BCUT2D eigenvalue weighted by Gasteiger charge is 2.35. The average Bonchev–Trinajstić information content (AvgIpc) is 3.06. The van der Waals surface area contributed by atoms with Gasteiger partial charge in [0, 0.05) is 17.8 Å². The molecule has 0 saturated carbocycles. The minimum absolute atomic E-state index is 0.0499. The second-order valence-electron chi connectivity index (χ2n) is 5.25. The number of allylic oxidation sites excluding steroid dienone is 1. The number of carbonyl (C=O) groups is 1. The van der Waals surface area contributed by atoms with Crippen LogP contribution in [0.5, 0.6) is 0 Å². The first kappa shape index (κ1) is 16.3. The summed E-state index contributed by atoms with van der Waals surface area (Å²) in [7, 11) is 0. The lowest BCUT2D eigenvalue weighted by atomic mass is 9.95. The number of rotatable bonds is 5. The second kappa shape index (κ2) is 6.51. The van der Waals surface area contributed by atoms with Crippen LogP contribution in [0.15, 0.2) is 48.2 Å². The van der Waals surface area contributed by atoms with Crippen LogP contribution in [0.4, 0.5) is 11.6 Å². The fourth-order valence-corrected chi connectivity index (χ4v) is 2.58. The molecule has 1 atom stereocenters. The van der Waals surface area contributed by atoms with Crippen molar-refractivity contribution in [1.29, 1.82) is 0 Å². The number of carbonyl (C=O) groups excluding carboxylic acids is 1. The summed E-state index contributed by atoms with van der Waals surface area (Å²) in [6, 6.07) is 5.19. The van der Waals surface area contributed by atoms with Gasteiger partial charge in [-0.15, -0.1) is 0 Å². The van der Waals surface area contributed by atoms with Crippen LogP contribution in [-0.4, -0.2) is 37.7 Å². The van der Waals surface area contributed by atoms with Gasteiger partial charge in [0.1, 0.15) is 12.6 Å². The third kappa shape index (κ3) is 2.96. The fraction of sp³-hybridized carbons (Fsp3) is 0.200. The summed E-state index contributed by atoms with van der Waals surface area (Å²) in [5.74, 6) is -0.185. The number of nitrogens with zero attached hydrogens (tertiary/aromatic N) is 5. The summed E-state index contributed by atoms with van der Waals surface area (Å²) >= 11 is 0. The van der Waals surface area contributed by atoms with Gasteiger partial charge >= 0.3 is 5.97 Å². The molecule has 128 valence electrons. The fourth-order valence-electron chi connectivity index (χ4n) is 2.58. The smallest absolute Gasteiger partial charge is 0.338 e. The lowest BCUT2D eigenvalue weighted by Crippen LogP contribution is -2.29. The minimum atomic E-state index is -0.663. The van der Waals surface area contributed by atoms with Gasteiger partial charge in [0.25, 0.3) is 5.69 Å². The Morgan fingerprint density at radius 3 is 2.84 bits per heavy atom. The quantitative estimate of drug-likeness (QED) is 0.376. The number of ether oxygens (including phenoxy) is 1. The summed E-state index contributed by atoms with van der Waals surface area (Å²) in [4.78, 5) is 22.9. The van der Waals surface area contributed by atoms with Gasteiger partial charge in [0.05, 0.1) is 10.5 Å². The topological polar surface area (TPSA) is 125 Å². The molecule has 0 aliphatic carbocycles. The van der Waals surface area contributed by atoms with Crippen molar-refractivity contribution in [2.75, 3.05) is 11.9 Å². The molecule has 0 amide bonds. The first-order chi connectivity index (χ1) is 12.0. The van der Waals surface area contributed by atoms with Crippen LogP contribution in [0.1, 0.15) is 18.5 Å². The van der Waals surface area contributed by atoms with Crippen LogP contribution in [0.3, 0.4) is 0 Å². The number of fused-ring (bicyclic) bond motifs is 1. The molecule has 1 aromatic heterocycles. The standard InChI is InChI=1S/C15H14N6O4/c1-3-8-25-14(22)12-9(2)16-15-17-18-19-20(15)13(12)10-4-6-11(7-5-10)21(23)24/h3-7,13H,1,8H2,2H3,(H,16,17,19). The molecule has 0 bridgehead atoms. The van der Waals surface area contributed by atoms with Crippen molar-refractivity contribution < 1.29 is 14.5 Å². The van der Waals surface area contributed by atoms with Gasteiger partial charge in [-0.3, -0.25) is 10.1 Å². The molecule has 10 nitrogen and oxygen atoms in total. The summed E-state index contributed by atoms with van der Waals surface area (Å²) in [6.45, 7) is 5.29. The first-order valence-electron chi connectivity index (χ1n) is 7.31. The van der Waals surface area contributed by atoms with Gasteiger partial charge in [-0.05, 0) is 35.0 Å². The first-order valence-corrected chi connectivity index (χ1v) is 7.31. The van der Waals surface area contributed by atoms with E-state index in [0.29, 0.717) is 22.8 Å². The van der Waals surface area contributed by atoms with E-state index in [1.807, 2.05) is 0 Å². The number of benzene rings is 1. The third-order valence-corrected chi connectivity index (χ3v) is 3.69. The Kier molecular flexibility index (Phi) is 4.25. The zero-order valence-electron chi connectivity index (χ0n) is 13.2. The van der Waals surface area contributed by atoms with Gasteiger partial charge in [-0.25, -0.2) is 4.79 Å². The average molecular weight is 342 g/mol. The normalized spacial score (nSPS) is 16.0. The molecule has 1 unspecified atom stereocenters. The maximum absolute atomic E-state index is 12.5. The van der Waals surface area contributed by atoms with Crippen LogP contribution in [0, 0.1) is 10.1 Å². The largest absolute Gasteiger partial charge is 0.458 e. The van der Waals surface area contributed by atoms with Crippen molar-refractivity contribution in [2.45, 2.75) is 13.0 Å². The number of anilines is 1. The Morgan fingerprint density at radius 2 is 2.20 bits per heavy atom. The van der Waals surface area contributed by atoms with E-state index < -0.39 is 16.9 Å². The van der Waals surface area contributed by atoms with Crippen LogP contribution in [-0.2, 0) is 9.53 Å². The van der Waals surface area contributed by atoms with E-state index in [1.165, 1.54) is 22.9 Å². The summed E-state index contributed by atoms with van der Waals surface area (Å²) in [6.07, 6.45) is 1.47. The Balaban J connectivity index is 2.07. The predicted molar refractivity (Wildman–Crippen MR) is 86.5 cm³/mol. The van der Waals surface area contributed by atoms with Crippen LogP contribution in [0.2, 0.25) is 0 Å². The number of non-ortho nitro benzene ring substituents is 1. The Morgan fingerprint density at radius 1 is 1.48 bits per heavy atom. The molecule has 1 aliphatic heterocycles. The van der Waals surface area contributed by atoms with E-state index in [0.717, 1.165) is 0 Å². The molecular formula is C15H14N6O4. The maximum atomic E-state index is 12.5. The zero-order valence-corrected chi connectivity index (χ0v) is 13.2. The van der Waals surface area contributed by atoms with E-state index in [1.54, 1.807) is 19.1 Å². The van der Waals surface area contributed by atoms with Crippen LogP contribution in [0.25, 0.3) is 0 Å². The number of aromatic nitrogens is 4. The highest BCUT2D eigenvalue weighted by atomic mass is 16.6. The number of esters is 1. The number of nitrogens with one attached hydrogen (secondary N) is 1. The van der Waals surface area contributed by atoms with Crippen molar-refractivity contribution in [3.8, 4) is 0 Å². The van der Waals surface area contributed by atoms with Gasteiger partial charge < -0.3 is 10.1 Å². The molecule has 25 heavy (non-hydrogen) atoms. The summed E-state index contributed by atoms with van der Waals surface area (Å²) in [5.41, 5.74) is 1.42. The van der Waals surface area contributed by atoms with Crippen molar-refractivity contribution in [3.05, 3.63) is 63.9 Å². The maximum Gasteiger partial charge on any atom is 0.338 e. The number of nitro benzene ring substituents is 1. The molecule has 1 N–H and O–H groups in total. The van der Waals surface area contributed by atoms with Crippen LogP contribution < -0.4 is 5.32 Å². The number of hydrogen-bond acceptors (Lipinski definition) is 8. The molecule has 0 spiro atoms. The molecule has 1 aliphatic rings. The Bertz CT molecular complexity index is 870. The molecule has 0 radical (unpaired) electrons. The molecule has 2 aromatic rings. The minimum Gasteiger partial charge on any atom is -0.458 e. The molecule has 1 aromatic carbocycles. The number of nitro groups is 1.